The van der Waals surface area contributed by atoms with Gasteiger partial charge in [0.05, 0.1) is 26.5 Å². The van der Waals surface area contributed by atoms with Gasteiger partial charge in [0.1, 0.15) is 0 Å². The second kappa shape index (κ2) is 15.8. The molecule has 5 nitrogen and oxygen atoms in total. The van der Waals surface area contributed by atoms with E-state index in [1.165, 1.54) is 7.11 Å². The van der Waals surface area contributed by atoms with E-state index in [1.54, 1.807) is 0 Å². The van der Waals surface area contributed by atoms with E-state index in [1.807, 2.05) is 60.7 Å². The van der Waals surface area contributed by atoms with Crippen molar-refractivity contribution < 1.29 is 23.1 Å². The summed E-state index contributed by atoms with van der Waals surface area (Å²) in [5, 5.41) is 0. The standard InChI is InChI=1S/C26H37O5P/c1-29-26(27)20-14-6-4-2-3-5-7-15-21-32(28,30-22-24-16-10-8-11-17-24)31-23-25-18-12-9-13-19-25/h8-13,16-19H,2-7,14-15,20-23H2,1H3. The van der Waals surface area contributed by atoms with Gasteiger partial charge in [0.2, 0.25) is 0 Å². The summed E-state index contributed by atoms with van der Waals surface area (Å²) in [5.74, 6) is -0.126. The third-order valence-corrected chi connectivity index (χ3v) is 7.24. The number of carbonyl (C=O) groups excluding carboxylic acids is 1. The smallest absolute Gasteiger partial charge is 0.331 e. The highest BCUT2D eigenvalue weighted by molar-refractivity contribution is 7.53. The van der Waals surface area contributed by atoms with Crippen LogP contribution in [0.5, 0.6) is 0 Å². The highest BCUT2D eigenvalue weighted by Crippen LogP contribution is 2.50. The van der Waals surface area contributed by atoms with E-state index in [0.717, 1.165) is 62.5 Å². The number of hydrogen-bond acceptors (Lipinski definition) is 5. The minimum Gasteiger partial charge on any atom is -0.469 e. The topological polar surface area (TPSA) is 61.8 Å². The molecule has 0 aromatic heterocycles. The van der Waals surface area contributed by atoms with Gasteiger partial charge in [-0.05, 0) is 24.0 Å². The molecule has 0 atom stereocenters. The maximum atomic E-state index is 13.4. The largest absolute Gasteiger partial charge is 0.469 e. The number of methoxy groups -OCH3 is 1. The van der Waals surface area contributed by atoms with Crippen LogP contribution in [0.2, 0.25) is 0 Å². The van der Waals surface area contributed by atoms with Gasteiger partial charge in [-0.1, -0.05) is 99.2 Å². The van der Waals surface area contributed by atoms with Crippen LogP contribution < -0.4 is 0 Å². The lowest BCUT2D eigenvalue weighted by atomic mass is 10.1. The number of hydrogen-bond donors (Lipinski definition) is 0. The average molecular weight is 461 g/mol. The van der Waals surface area contributed by atoms with Gasteiger partial charge in [-0.25, -0.2) is 0 Å². The van der Waals surface area contributed by atoms with Crippen LogP contribution in [0.15, 0.2) is 60.7 Å². The first kappa shape index (κ1) is 26.3. The zero-order chi connectivity index (χ0) is 22.9. The number of benzene rings is 2. The van der Waals surface area contributed by atoms with Gasteiger partial charge in [-0.2, -0.15) is 0 Å². The normalized spacial score (nSPS) is 11.4. The Hall–Kier alpha value is -1.94. The fraction of sp³-hybridized carbons (Fsp3) is 0.500. The maximum Gasteiger partial charge on any atom is 0.331 e. The Morgan fingerprint density at radius 1 is 0.688 bits per heavy atom. The highest BCUT2D eigenvalue weighted by atomic mass is 31.2. The van der Waals surface area contributed by atoms with Crippen molar-refractivity contribution in [2.24, 2.45) is 0 Å². The van der Waals surface area contributed by atoms with E-state index < -0.39 is 7.60 Å². The molecule has 32 heavy (non-hydrogen) atoms. The molecule has 2 aromatic carbocycles. The van der Waals surface area contributed by atoms with Crippen molar-refractivity contribution in [1.82, 2.24) is 0 Å². The van der Waals surface area contributed by atoms with Gasteiger partial charge in [-0.15, -0.1) is 0 Å². The molecule has 0 aliphatic carbocycles. The molecular weight excluding hydrogens is 423 g/mol. The third kappa shape index (κ3) is 11.6. The van der Waals surface area contributed by atoms with Crippen molar-refractivity contribution in [1.29, 1.82) is 0 Å². The van der Waals surface area contributed by atoms with Crippen LogP contribution in [0.4, 0.5) is 0 Å². The number of carbonyl (C=O) groups is 1. The summed E-state index contributed by atoms with van der Waals surface area (Å²) in [6, 6.07) is 19.6. The number of rotatable bonds is 17. The zero-order valence-electron chi connectivity index (χ0n) is 19.2. The number of ether oxygens (including phenoxy) is 1. The summed E-state index contributed by atoms with van der Waals surface area (Å²) >= 11 is 0. The van der Waals surface area contributed by atoms with E-state index in [4.69, 9.17) is 9.05 Å². The minimum absolute atomic E-state index is 0.126. The van der Waals surface area contributed by atoms with Crippen molar-refractivity contribution >= 4 is 13.6 Å². The third-order valence-electron chi connectivity index (χ3n) is 5.33. The molecule has 0 amide bonds. The van der Waals surface area contributed by atoms with Crippen LogP contribution in [-0.2, 0) is 36.4 Å². The lowest BCUT2D eigenvalue weighted by molar-refractivity contribution is -0.140. The lowest BCUT2D eigenvalue weighted by Crippen LogP contribution is -2.02. The fourth-order valence-electron chi connectivity index (χ4n) is 3.40. The molecule has 176 valence electrons. The summed E-state index contributed by atoms with van der Waals surface area (Å²) in [6.45, 7) is 0.580. The molecule has 0 unspecified atom stereocenters. The first-order valence-corrected chi connectivity index (χ1v) is 13.4. The second-order valence-corrected chi connectivity index (χ2v) is 10.2. The molecule has 2 rings (SSSR count). The Labute approximate surface area is 193 Å². The molecule has 0 fully saturated rings. The predicted octanol–water partition coefficient (Wildman–Crippen LogP) is 7.30. The number of unbranched alkanes of at least 4 members (excludes halogenated alkanes) is 7. The van der Waals surface area contributed by atoms with Gasteiger partial charge in [0.25, 0.3) is 0 Å². The fourth-order valence-corrected chi connectivity index (χ4v) is 5.03. The average Bonchev–Trinajstić information content (AvgIpc) is 2.84. The zero-order valence-corrected chi connectivity index (χ0v) is 20.1. The summed E-state index contributed by atoms with van der Waals surface area (Å²) in [6.07, 6.45) is 9.29. The second-order valence-electron chi connectivity index (χ2n) is 8.01. The highest BCUT2D eigenvalue weighted by Gasteiger charge is 2.24. The molecule has 0 heterocycles. The Bertz CT molecular complexity index is 747. The summed E-state index contributed by atoms with van der Waals surface area (Å²) in [4.78, 5) is 11.1. The quantitative estimate of drug-likeness (QED) is 0.141. The van der Waals surface area contributed by atoms with Gasteiger partial charge < -0.3 is 13.8 Å². The molecule has 0 aliphatic heterocycles. The van der Waals surface area contributed by atoms with Crippen LogP contribution in [0.25, 0.3) is 0 Å². The molecule has 0 spiro atoms. The van der Waals surface area contributed by atoms with E-state index in [-0.39, 0.29) is 5.97 Å². The van der Waals surface area contributed by atoms with Crippen LogP contribution in [-0.4, -0.2) is 19.2 Å². The maximum absolute atomic E-state index is 13.4. The van der Waals surface area contributed by atoms with Crippen LogP contribution in [0.1, 0.15) is 68.9 Å². The molecular formula is C26H37O5P. The first-order valence-electron chi connectivity index (χ1n) is 11.6. The molecule has 6 heteroatoms. The summed E-state index contributed by atoms with van der Waals surface area (Å²) in [7, 11) is -1.75. The van der Waals surface area contributed by atoms with E-state index in [9.17, 15) is 9.36 Å². The Kier molecular flexibility index (Phi) is 13.0. The number of esters is 1. The van der Waals surface area contributed by atoms with Crippen LogP contribution in [0.3, 0.4) is 0 Å². The molecule has 0 N–H and O–H groups in total. The van der Waals surface area contributed by atoms with Gasteiger partial charge >= 0.3 is 13.6 Å². The first-order chi connectivity index (χ1) is 15.6. The van der Waals surface area contributed by atoms with Crippen molar-refractivity contribution in [3.8, 4) is 0 Å². The van der Waals surface area contributed by atoms with Crippen LogP contribution >= 0.6 is 7.60 Å². The van der Waals surface area contributed by atoms with E-state index in [2.05, 4.69) is 4.74 Å². The molecule has 0 saturated heterocycles. The van der Waals surface area contributed by atoms with Crippen molar-refractivity contribution in [3.63, 3.8) is 0 Å². The molecule has 2 aromatic rings. The van der Waals surface area contributed by atoms with Crippen molar-refractivity contribution in [2.45, 2.75) is 71.0 Å². The Morgan fingerprint density at radius 3 is 1.59 bits per heavy atom. The molecule has 0 saturated carbocycles. The van der Waals surface area contributed by atoms with E-state index >= 15 is 0 Å². The monoisotopic (exact) mass is 460 g/mol. The molecule has 0 radical (unpaired) electrons. The summed E-state index contributed by atoms with van der Waals surface area (Å²) in [5.41, 5.74) is 1.98. The van der Waals surface area contributed by atoms with Crippen molar-refractivity contribution in [3.05, 3.63) is 71.8 Å². The minimum atomic E-state index is -3.18. The van der Waals surface area contributed by atoms with E-state index in [0.29, 0.717) is 25.8 Å². The van der Waals surface area contributed by atoms with Crippen LogP contribution in [0, 0.1) is 0 Å². The Morgan fingerprint density at radius 2 is 1.12 bits per heavy atom. The van der Waals surface area contributed by atoms with Gasteiger partial charge in [-0.3, -0.25) is 9.36 Å². The Balaban J connectivity index is 1.68. The lowest BCUT2D eigenvalue weighted by Gasteiger charge is -2.19. The molecule has 0 aliphatic rings. The SMILES string of the molecule is COC(=O)CCCCCCCCCCP(=O)(OCc1ccccc1)OCc1ccccc1. The molecule has 0 bridgehead atoms. The summed E-state index contributed by atoms with van der Waals surface area (Å²) < 4.78 is 29.7. The predicted molar refractivity (Wildman–Crippen MR) is 129 cm³/mol. The van der Waals surface area contributed by atoms with Gasteiger partial charge in [0.15, 0.2) is 0 Å². The van der Waals surface area contributed by atoms with Gasteiger partial charge in [0, 0.05) is 6.42 Å². The van der Waals surface area contributed by atoms with Crippen molar-refractivity contribution in [2.75, 3.05) is 13.3 Å².